The molecule has 0 spiro atoms. The van der Waals surface area contributed by atoms with Crippen molar-refractivity contribution in [3.05, 3.63) is 40.7 Å². The lowest BCUT2D eigenvalue weighted by Gasteiger charge is -2.00. The summed E-state index contributed by atoms with van der Waals surface area (Å²) in [4.78, 5) is 13.7. The first kappa shape index (κ1) is 11.4. The van der Waals surface area contributed by atoms with Crippen LogP contribution in [0.2, 0.25) is 5.02 Å². The number of benzene rings is 1. The van der Waals surface area contributed by atoms with E-state index in [1.165, 1.54) is 12.4 Å². The number of aromatic amines is 1. The molecule has 0 radical (unpaired) electrons. The number of aromatic nitrogens is 1. The van der Waals surface area contributed by atoms with Gasteiger partial charge in [0, 0.05) is 28.9 Å². The van der Waals surface area contributed by atoms with Crippen molar-refractivity contribution in [2.75, 3.05) is 0 Å². The molecule has 86 valence electrons. The maximum Gasteiger partial charge on any atom is 0.167 e. The number of aldehydes is 1. The van der Waals surface area contributed by atoms with Gasteiger partial charge in [-0.3, -0.25) is 4.79 Å². The summed E-state index contributed by atoms with van der Waals surface area (Å²) in [7, 11) is 0. The Morgan fingerprint density at radius 3 is 2.82 bits per heavy atom. The molecule has 4 N–H and O–H groups in total. The molecule has 0 saturated heterocycles. The lowest BCUT2D eigenvalue weighted by Crippen LogP contribution is -1.90. The minimum absolute atomic E-state index is 0.354. The van der Waals surface area contributed by atoms with Crippen LogP contribution in [0.25, 0.3) is 16.5 Å². The fourth-order valence-electron chi connectivity index (χ4n) is 1.67. The fraction of sp³-hybridized carbons (Fsp3) is 0. The van der Waals surface area contributed by atoms with E-state index in [2.05, 4.69) is 4.98 Å². The normalized spacial score (nSPS) is 11.7. The van der Waals surface area contributed by atoms with Gasteiger partial charge in [0.1, 0.15) is 0 Å². The number of fused-ring (bicyclic) bond motifs is 1. The Kier molecular flexibility index (Phi) is 2.97. The molecule has 1 aromatic heterocycles. The Labute approximate surface area is 103 Å². The number of carbonyl (C=O) groups is 1. The standard InChI is InChI=1S/C12H10ClN3O/c13-12-9-2-1-7(8(4-14)5-15)3-10(9)16-11(12)6-17/h1-6,14,16H,15H2/b8-5+,14-4?. The Bertz CT molecular complexity index is 628. The van der Waals surface area contributed by atoms with Crippen LogP contribution in [-0.2, 0) is 0 Å². The summed E-state index contributed by atoms with van der Waals surface area (Å²) in [5.74, 6) is 0. The lowest BCUT2D eigenvalue weighted by atomic mass is 10.1. The molecule has 0 aliphatic rings. The maximum absolute atomic E-state index is 10.7. The molecule has 0 amide bonds. The van der Waals surface area contributed by atoms with Gasteiger partial charge in [-0.2, -0.15) is 0 Å². The second-order valence-corrected chi connectivity index (χ2v) is 3.88. The van der Waals surface area contributed by atoms with Crippen molar-refractivity contribution in [1.82, 2.24) is 4.98 Å². The molecule has 0 aliphatic heterocycles. The van der Waals surface area contributed by atoms with Crippen molar-refractivity contribution in [2.24, 2.45) is 5.73 Å². The van der Waals surface area contributed by atoms with Gasteiger partial charge in [-0.15, -0.1) is 0 Å². The number of halogens is 1. The molecule has 4 nitrogen and oxygen atoms in total. The summed E-state index contributed by atoms with van der Waals surface area (Å²) in [5, 5.41) is 8.41. The van der Waals surface area contributed by atoms with Gasteiger partial charge in [0.2, 0.25) is 0 Å². The highest BCUT2D eigenvalue weighted by Gasteiger charge is 2.09. The van der Waals surface area contributed by atoms with Crippen molar-refractivity contribution >= 4 is 40.6 Å². The van der Waals surface area contributed by atoms with Crippen LogP contribution in [0.1, 0.15) is 16.1 Å². The maximum atomic E-state index is 10.7. The Morgan fingerprint density at radius 2 is 2.24 bits per heavy atom. The van der Waals surface area contributed by atoms with E-state index in [1.54, 1.807) is 18.2 Å². The minimum atomic E-state index is 0.354. The van der Waals surface area contributed by atoms with Crippen molar-refractivity contribution in [3.8, 4) is 0 Å². The molecule has 2 rings (SSSR count). The molecular weight excluding hydrogens is 238 g/mol. The second-order valence-electron chi connectivity index (χ2n) is 3.50. The van der Waals surface area contributed by atoms with Crippen LogP contribution >= 0.6 is 11.6 Å². The molecular formula is C12H10ClN3O. The second kappa shape index (κ2) is 4.43. The summed E-state index contributed by atoms with van der Waals surface area (Å²) in [6.07, 6.45) is 3.21. The molecule has 17 heavy (non-hydrogen) atoms. The van der Waals surface area contributed by atoms with Gasteiger partial charge >= 0.3 is 0 Å². The monoisotopic (exact) mass is 247 g/mol. The average Bonchev–Trinajstić information content (AvgIpc) is 2.67. The first-order valence-electron chi connectivity index (χ1n) is 4.90. The third kappa shape index (κ3) is 1.83. The fourth-order valence-corrected chi connectivity index (χ4v) is 1.93. The molecule has 0 bridgehead atoms. The molecule has 0 saturated carbocycles. The van der Waals surface area contributed by atoms with Gasteiger partial charge in [0.25, 0.3) is 0 Å². The van der Waals surface area contributed by atoms with E-state index >= 15 is 0 Å². The Hall–Kier alpha value is -2.07. The predicted octanol–water partition coefficient (Wildman–Crippen LogP) is 2.58. The van der Waals surface area contributed by atoms with Gasteiger partial charge in [-0.25, -0.2) is 0 Å². The highest BCUT2D eigenvalue weighted by molar-refractivity contribution is 6.38. The number of hydrogen-bond donors (Lipinski definition) is 3. The van der Waals surface area contributed by atoms with E-state index in [1.807, 2.05) is 0 Å². The Morgan fingerprint density at radius 1 is 1.47 bits per heavy atom. The van der Waals surface area contributed by atoms with Crippen LogP contribution in [0, 0.1) is 5.41 Å². The number of allylic oxidation sites excluding steroid dienone is 1. The highest BCUT2D eigenvalue weighted by atomic mass is 35.5. The van der Waals surface area contributed by atoms with Gasteiger partial charge < -0.3 is 16.1 Å². The zero-order chi connectivity index (χ0) is 12.4. The molecule has 0 atom stereocenters. The first-order chi connectivity index (χ1) is 8.21. The summed E-state index contributed by atoms with van der Waals surface area (Å²) in [6, 6.07) is 5.40. The van der Waals surface area contributed by atoms with E-state index in [0.717, 1.165) is 16.5 Å². The quantitative estimate of drug-likeness (QED) is 0.575. The number of nitrogens with one attached hydrogen (secondary N) is 2. The summed E-state index contributed by atoms with van der Waals surface area (Å²) >= 11 is 6.01. The molecule has 1 aromatic carbocycles. The van der Waals surface area contributed by atoms with Crippen LogP contribution in [0.5, 0.6) is 0 Å². The molecule has 2 aromatic rings. The summed E-state index contributed by atoms with van der Waals surface area (Å²) in [6.45, 7) is 0. The largest absolute Gasteiger partial charge is 0.404 e. The van der Waals surface area contributed by atoms with Gasteiger partial charge in [0.05, 0.1) is 10.7 Å². The van der Waals surface area contributed by atoms with Crippen molar-refractivity contribution in [1.29, 1.82) is 5.41 Å². The SMILES string of the molecule is N=C/C(=C\N)c1ccc2c(Cl)c(C=O)[nH]c2c1. The lowest BCUT2D eigenvalue weighted by molar-refractivity contribution is 0.112. The number of carbonyl (C=O) groups excluding carboxylic acids is 1. The number of H-pyrrole nitrogens is 1. The van der Waals surface area contributed by atoms with Crippen molar-refractivity contribution < 1.29 is 4.79 Å². The Balaban J connectivity index is 2.66. The van der Waals surface area contributed by atoms with Gasteiger partial charge in [0.15, 0.2) is 6.29 Å². The molecule has 5 heteroatoms. The number of rotatable bonds is 3. The van der Waals surface area contributed by atoms with Crippen LogP contribution in [0.15, 0.2) is 24.4 Å². The zero-order valence-electron chi connectivity index (χ0n) is 8.83. The summed E-state index contributed by atoms with van der Waals surface area (Å²) < 4.78 is 0. The topological polar surface area (TPSA) is 82.7 Å². The molecule has 1 heterocycles. The molecule has 0 aliphatic carbocycles. The van der Waals surface area contributed by atoms with Crippen LogP contribution < -0.4 is 5.73 Å². The van der Waals surface area contributed by atoms with Crippen molar-refractivity contribution in [2.45, 2.75) is 0 Å². The van der Waals surface area contributed by atoms with E-state index in [-0.39, 0.29) is 0 Å². The number of nitrogens with two attached hydrogens (primary N) is 1. The number of hydrogen-bond acceptors (Lipinski definition) is 3. The van der Waals surface area contributed by atoms with E-state index in [9.17, 15) is 4.79 Å². The van der Waals surface area contributed by atoms with E-state index < -0.39 is 0 Å². The molecule has 0 fully saturated rings. The minimum Gasteiger partial charge on any atom is -0.404 e. The van der Waals surface area contributed by atoms with E-state index in [0.29, 0.717) is 22.6 Å². The first-order valence-corrected chi connectivity index (χ1v) is 5.28. The van der Waals surface area contributed by atoms with Gasteiger partial charge in [-0.05, 0) is 11.6 Å². The van der Waals surface area contributed by atoms with Crippen molar-refractivity contribution in [3.63, 3.8) is 0 Å². The zero-order valence-corrected chi connectivity index (χ0v) is 9.58. The third-order valence-electron chi connectivity index (χ3n) is 2.55. The van der Waals surface area contributed by atoms with E-state index in [4.69, 9.17) is 22.7 Å². The third-order valence-corrected chi connectivity index (χ3v) is 2.96. The summed E-state index contributed by atoms with van der Waals surface area (Å²) in [5.41, 5.74) is 7.91. The smallest absolute Gasteiger partial charge is 0.167 e. The van der Waals surface area contributed by atoms with Gasteiger partial charge in [-0.1, -0.05) is 23.7 Å². The predicted molar refractivity (Wildman–Crippen MR) is 69.6 cm³/mol. The highest BCUT2D eigenvalue weighted by Crippen LogP contribution is 2.28. The van der Waals surface area contributed by atoms with Crippen LogP contribution in [-0.4, -0.2) is 17.5 Å². The van der Waals surface area contributed by atoms with Crippen LogP contribution in [0.3, 0.4) is 0 Å². The average molecular weight is 248 g/mol. The van der Waals surface area contributed by atoms with Crippen LogP contribution in [0.4, 0.5) is 0 Å². The molecule has 0 unspecified atom stereocenters.